The first kappa shape index (κ1) is 17.4. The summed E-state index contributed by atoms with van der Waals surface area (Å²) in [6, 6.07) is 4.79. The number of likely N-dealkylation sites (tertiary alicyclic amines) is 1. The Balaban J connectivity index is 1.57. The SMILES string of the molecule is O=C([C@H]1CCCN(S(=O)(=O)c2cccc3nonc23)C1)N1CCCCC1. The zero-order valence-electron chi connectivity index (χ0n) is 14.5. The highest BCUT2D eigenvalue weighted by molar-refractivity contribution is 7.89. The number of rotatable bonds is 3. The number of piperidine rings is 2. The molecule has 1 amide bonds. The van der Waals surface area contributed by atoms with Crippen molar-refractivity contribution in [2.75, 3.05) is 26.2 Å². The Morgan fingerprint density at radius 1 is 1.08 bits per heavy atom. The summed E-state index contributed by atoms with van der Waals surface area (Å²) >= 11 is 0. The second-order valence-corrected chi connectivity index (χ2v) is 8.88. The van der Waals surface area contributed by atoms with Crippen molar-refractivity contribution in [2.24, 2.45) is 5.92 Å². The first-order valence-corrected chi connectivity index (χ1v) is 10.5. The topological polar surface area (TPSA) is 96.6 Å². The molecule has 2 aliphatic rings. The summed E-state index contributed by atoms with van der Waals surface area (Å²) in [6.07, 6.45) is 4.63. The van der Waals surface area contributed by atoms with Gasteiger partial charge in [0.2, 0.25) is 15.9 Å². The zero-order valence-corrected chi connectivity index (χ0v) is 15.3. The van der Waals surface area contributed by atoms with Gasteiger partial charge in [-0.1, -0.05) is 6.07 Å². The average molecular weight is 378 g/mol. The number of hydrogen-bond acceptors (Lipinski definition) is 6. The predicted molar refractivity (Wildman–Crippen MR) is 93.7 cm³/mol. The smallest absolute Gasteiger partial charge is 0.245 e. The molecule has 140 valence electrons. The minimum atomic E-state index is -3.76. The summed E-state index contributed by atoms with van der Waals surface area (Å²) in [5.41, 5.74) is 0.640. The number of hydrogen-bond donors (Lipinski definition) is 0. The molecule has 0 aliphatic carbocycles. The van der Waals surface area contributed by atoms with E-state index < -0.39 is 10.0 Å². The monoisotopic (exact) mass is 378 g/mol. The van der Waals surface area contributed by atoms with Crippen molar-refractivity contribution in [1.82, 2.24) is 19.5 Å². The molecule has 1 aromatic carbocycles. The maximum absolute atomic E-state index is 13.1. The molecule has 0 saturated carbocycles. The van der Waals surface area contributed by atoms with Gasteiger partial charge in [0.25, 0.3) is 0 Å². The van der Waals surface area contributed by atoms with Crippen LogP contribution in [0.2, 0.25) is 0 Å². The van der Waals surface area contributed by atoms with Gasteiger partial charge in [0.05, 0.1) is 5.92 Å². The molecular formula is C17H22N4O4S. The zero-order chi connectivity index (χ0) is 18.1. The average Bonchev–Trinajstić information content (AvgIpc) is 3.17. The van der Waals surface area contributed by atoms with E-state index >= 15 is 0 Å². The van der Waals surface area contributed by atoms with Crippen LogP contribution in [-0.2, 0) is 14.8 Å². The Labute approximate surface area is 152 Å². The highest BCUT2D eigenvalue weighted by atomic mass is 32.2. The molecule has 2 aliphatic heterocycles. The van der Waals surface area contributed by atoms with Gasteiger partial charge >= 0.3 is 0 Å². The van der Waals surface area contributed by atoms with Crippen LogP contribution in [0.3, 0.4) is 0 Å². The lowest BCUT2D eigenvalue weighted by Gasteiger charge is -2.35. The predicted octanol–water partition coefficient (Wildman–Crippen LogP) is 1.64. The summed E-state index contributed by atoms with van der Waals surface area (Å²) in [5.74, 6) is -0.183. The van der Waals surface area contributed by atoms with Crippen LogP contribution in [0.4, 0.5) is 0 Å². The van der Waals surface area contributed by atoms with Gasteiger partial charge in [0, 0.05) is 26.2 Å². The normalized spacial score (nSPS) is 22.6. The molecule has 8 nitrogen and oxygen atoms in total. The molecule has 0 unspecified atom stereocenters. The van der Waals surface area contributed by atoms with E-state index in [0.717, 1.165) is 38.8 Å². The molecule has 1 atom stereocenters. The van der Waals surface area contributed by atoms with Crippen LogP contribution in [0.1, 0.15) is 32.1 Å². The fraction of sp³-hybridized carbons (Fsp3) is 0.588. The van der Waals surface area contributed by atoms with Crippen molar-refractivity contribution in [3.8, 4) is 0 Å². The lowest BCUT2D eigenvalue weighted by Crippen LogP contribution is -2.47. The van der Waals surface area contributed by atoms with E-state index in [9.17, 15) is 13.2 Å². The Kier molecular flexibility index (Phi) is 4.66. The molecule has 2 aromatic rings. The van der Waals surface area contributed by atoms with E-state index in [2.05, 4.69) is 14.9 Å². The fourth-order valence-corrected chi connectivity index (χ4v) is 5.52. The number of fused-ring (bicyclic) bond motifs is 1. The first-order chi connectivity index (χ1) is 12.6. The van der Waals surface area contributed by atoms with Crippen molar-refractivity contribution >= 4 is 27.0 Å². The quantitative estimate of drug-likeness (QED) is 0.805. The summed E-state index contributed by atoms with van der Waals surface area (Å²) in [4.78, 5) is 14.8. The Morgan fingerprint density at radius 3 is 2.69 bits per heavy atom. The van der Waals surface area contributed by atoms with Crippen LogP contribution < -0.4 is 0 Å². The Bertz CT molecular complexity index is 904. The molecule has 26 heavy (non-hydrogen) atoms. The van der Waals surface area contributed by atoms with Crippen LogP contribution in [0, 0.1) is 5.92 Å². The van der Waals surface area contributed by atoms with E-state index in [1.54, 1.807) is 12.1 Å². The third-order valence-corrected chi connectivity index (χ3v) is 7.16. The molecule has 0 spiro atoms. The molecule has 0 N–H and O–H groups in total. The van der Waals surface area contributed by atoms with Crippen molar-refractivity contribution < 1.29 is 17.8 Å². The third-order valence-electron chi connectivity index (χ3n) is 5.27. The van der Waals surface area contributed by atoms with Gasteiger partial charge in [-0.2, -0.15) is 4.31 Å². The molecular weight excluding hydrogens is 356 g/mol. The van der Waals surface area contributed by atoms with E-state index in [1.165, 1.54) is 10.4 Å². The highest BCUT2D eigenvalue weighted by Gasteiger charge is 2.36. The largest absolute Gasteiger partial charge is 0.342 e. The second-order valence-electron chi connectivity index (χ2n) is 6.98. The maximum Gasteiger partial charge on any atom is 0.245 e. The highest BCUT2D eigenvalue weighted by Crippen LogP contribution is 2.28. The molecule has 2 saturated heterocycles. The van der Waals surface area contributed by atoms with E-state index in [-0.39, 0.29) is 28.8 Å². The van der Waals surface area contributed by atoms with Gasteiger partial charge in [0.15, 0.2) is 5.52 Å². The number of aromatic nitrogens is 2. The van der Waals surface area contributed by atoms with Gasteiger partial charge in [-0.3, -0.25) is 4.79 Å². The van der Waals surface area contributed by atoms with Crippen molar-refractivity contribution in [1.29, 1.82) is 0 Å². The number of nitrogens with zero attached hydrogens (tertiary/aromatic N) is 4. The molecule has 2 fully saturated rings. The minimum Gasteiger partial charge on any atom is -0.342 e. The number of amides is 1. The number of sulfonamides is 1. The van der Waals surface area contributed by atoms with Crippen LogP contribution >= 0.6 is 0 Å². The first-order valence-electron chi connectivity index (χ1n) is 9.07. The Morgan fingerprint density at radius 2 is 1.88 bits per heavy atom. The van der Waals surface area contributed by atoms with Crippen LogP contribution in [0.25, 0.3) is 11.0 Å². The van der Waals surface area contributed by atoms with E-state index in [4.69, 9.17) is 0 Å². The standard InChI is InChI=1S/C17H22N4O4S/c22-17(20-9-2-1-3-10-20)13-6-5-11-21(12-13)26(23,24)15-8-4-7-14-16(15)19-25-18-14/h4,7-8,13H,1-3,5-6,9-12H2/t13-/m0/s1. The summed E-state index contributed by atoms with van der Waals surface area (Å²) in [5, 5.41) is 7.45. The number of benzene rings is 1. The van der Waals surface area contributed by atoms with Crippen LogP contribution in [-0.4, -0.2) is 60.0 Å². The van der Waals surface area contributed by atoms with E-state index in [0.29, 0.717) is 18.5 Å². The molecule has 0 bridgehead atoms. The van der Waals surface area contributed by atoms with Crippen LogP contribution in [0.15, 0.2) is 27.7 Å². The lowest BCUT2D eigenvalue weighted by atomic mass is 9.97. The number of carbonyl (C=O) groups is 1. The fourth-order valence-electron chi connectivity index (χ4n) is 3.86. The summed E-state index contributed by atoms with van der Waals surface area (Å²) in [6.45, 7) is 2.20. The van der Waals surface area contributed by atoms with Crippen LogP contribution in [0.5, 0.6) is 0 Å². The minimum absolute atomic E-state index is 0.0855. The molecule has 9 heteroatoms. The van der Waals surface area contributed by atoms with Crippen molar-refractivity contribution in [2.45, 2.75) is 37.0 Å². The molecule has 0 radical (unpaired) electrons. The molecule has 1 aromatic heterocycles. The maximum atomic E-state index is 13.1. The van der Waals surface area contributed by atoms with Gasteiger partial charge in [-0.25, -0.2) is 13.0 Å². The summed E-state index contributed by atoms with van der Waals surface area (Å²) < 4.78 is 32.4. The van der Waals surface area contributed by atoms with Crippen molar-refractivity contribution in [3.63, 3.8) is 0 Å². The van der Waals surface area contributed by atoms with Gasteiger partial charge in [-0.15, -0.1) is 0 Å². The van der Waals surface area contributed by atoms with Gasteiger partial charge in [0.1, 0.15) is 10.4 Å². The third kappa shape index (κ3) is 3.09. The molecule has 4 rings (SSSR count). The Hall–Kier alpha value is -2.00. The van der Waals surface area contributed by atoms with Gasteiger partial charge < -0.3 is 4.90 Å². The summed E-state index contributed by atoms with van der Waals surface area (Å²) in [7, 11) is -3.76. The van der Waals surface area contributed by atoms with E-state index in [1.807, 2.05) is 4.90 Å². The number of carbonyl (C=O) groups excluding carboxylic acids is 1. The second kappa shape index (κ2) is 6.96. The molecule has 3 heterocycles. The lowest BCUT2D eigenvalue weighted by molar-refractivity contribution is -0.137. The van der Waals surface area contributed by atoms with Crippen molar-refractivity contribution in [3.05, 3.63) is 18.2 Å². The van der Waals surface area contributed by atoms with Gasteiger partial charge in [-0.05, 0) is 54.6 Å².